The number of hydrogen-bond donors (Lipinski definition) is 1. The summed E-state index contributed by atoms with van der Waals surface area (Å²) in [6, 6.07) is 4.72. The molecule has 1 aromatic carbocycles. The number of sulfonamides is 1. The van der Waals surface area contributed by atoms with Crippen molar-refractivity contribution in [2.24, 2.45) is 0 Å². The number of methoxy groups -OCH3 is 2. The van der Waals surface area contributed by atoms with E-state index in [0.717, 1.165) is 4.31 Å². The number of piperazine rings is 1. The first-order valence-corrected chi connectivity index (χ1v) is 8.34. The van der Waals surface area contributed by atoms with Gasteiger partial charge in [0.25, 0.3) is 0 Å². The Morgan fingerprint density at radius 3 is 2.52 bits per heavy atom. The molecule has 1 N–H and O–H groups in total. The molecule has 0 spiro atoms. The van der Waals surface area contributed by atoms with E-state index < -0.39 is 27.9 Å². The highest BCUT2D eigenvalue weighted by Crippen LogP contribution is 2.23. The van der Waals surface area contributed by atoms with Crippen LogP contribution in [0, 0.1) is 0 Å². The molecule has 1 heterocycles. The number of nitrogens with one attached hydrogen (secondary N) is 1. The van der Waals surface area contributed by atoms with Crippen molar-refractivity contribution in [1.29, 1.82) is 0 Å². The number of ether oxygens (including phenoxy) is 2. The van der Waals surface area contributed by atoms with Crippen LogP contribution in [0.1, 0.15) is 6.42 Å². The molecule has 0 bridgehead atoms. The lowest BCUT2D eigenvalue weighted by molar-refractivity contribution is -0.144. The third kappa shape index (κ3) is 3.62. The molecular formula is C14H18N2O6S. The molecule has 1 atom stereocenters. The number of nitrogens with zero attached hydrogens (tertiary/aromatic N) is 1. The minimum atomic E-state index is -3.91. The summed E-state index contributed by atoms with van der Waals surface area (Å²) in [6.07, 6.45) is -0.336. The smallest absolute Gasteiger partial charge is 0.307 e. The SMILES string of the molecule is COC(=O)CC1C(=O)NCCN1S(=O)(=O)c1ccc(OC)cc1. The minimum Gasteiger partial charge on any atom is -0.497 e. The van der Waals surface area contributed by atoms with Crippen LogP contribution in [0.25, 0.3) is 0 Å². The van der Waals surface area contributed by atoms with Gasteiger partial charge in [-0.05, 0) is 24.3 Å². The first kappa shape index (κ1) is 17.2. The number of esters is 1. The summed E-state index contributed by atoms with van der Waals surface area (Å²) in [7, 11) is -1.25. The summed E-state index contributed by atoms with van der Waals surface area (Å²) in [5, 5.41) is 2.56. The van der Waals surface area contributed by atoms with Crippen molar-refractivity contribution in [1.82, 2.24) is 9.62 Å². The van der Waals surface area contributed by atoms with E-state index in [1.807, 2.05) is 0 Å². The molecule has 1 aliphatic rings. The second kappa shape index (κ2) is 6.97. The van der Waals surface area contributed by atoms with Gasteiger partial charge in [-0.1, -0.05) is 0 Å². The molecule has 9 heteroatoms. The van der Waals surface area contributed by atoms with Crippen LogP contribution in [0.5, 0.6) is 5.75 Å². The molecule has 1 aromatic rings. The van der Waals surface area contributed by atoms with Gasteiger partial charge in [0, 0.05) is 13.1 Å². The average molecular weight is 342 g/mol. The van der Waals surface area contributed by atoms with Gasteiger partial charge in [-0.25, -0.2) is 8.42 Å². The summed E-state index contributed by atoms with van der Waals surface area (Å²) in [5.41, 5.74) is 0. The lowest BCUT2D eigenvalue weighted by atomic mass is 10.1. The van der Waals surface area contributed by atoms with Crippen LogP contribution in [-0.2, 0) is 24.3 Å². The molecule has 2 rings (SSSR count). The van der Waals surface area contributed by atoms with E-state index in [0.29, 0.717) is 5.75 Å². The van der Waals surface area contributed by atoms with Crippen LogP contribution in [0.3, 0.4) is 0 Å². The fraction of sp³-hybridized carbons (Fsp3) is 0.429. The van der Waals surface area contributed by atoms with Gasteiger partial charge in [0.15, 0.2) is 0 Å². The number of rotatable bonds is 5. The maximum Gasteiger partial charge on any atom is 0.307 e. The minimum absolute atomic E-state index is 0.0304. The number of carbonyl (C=O) groups is 2. The number of amides is 1. The van der Waals surface area contributed by atoms with Gasteiger partial charge < -0.3 is 14.8 Å². The molecule has 1 saturated heterocycles. The summed E-state index contributed by atoms with van der Waals surface area (Å²) >= 11 is 0. The van der Waals surface area contributed by atoms with Gasteiger partial charge in [-0.3, -0.25) is 9.59 Å². The van der Waals surface area contributed by atoms with Crippen LogP contribution in [-0.4, -0.2) is 58.0 Å². The fourth-order valence-corrected chi connectivity index (χ4v) is 3.89. The third-order valence-electron chi connectivity index (χ3n) is 3.54. The predicted molar refractivity (Wildman–Crippen MR) is 80.3 cm³/mol. The molecule has 23 heavy (non-hydrogen) atoms. The van der Waals surface area contributed by atoms with Crippen LogP contribution < -0.4 is 10.1 Å². The highest BCUT2D eigenvalue weighted by atomic mass is 32.2. The van der Waals surface area contributed by atoms with E-state index in [4.69, 9.17) is 4.74 Å². The van der Waals surface area contributed by atoms with Crippen molar-refractivity contribution in [2.75, 3.05) is 27.3 Å². The zero-order valence-electron chi connectivity index (χ0n) is 12.8. The summed E-state index contributed by atoms with van der Waals surface area (Å²) in [5.74, 6) is -0.646. The Morgan fingerprint density at radius 1 is 1.30 bits per heavy atom. The Labute approximate surface area is 134 Å². The lowest BCUT2D eigenvalue weighted by Crippen LogP contribution is -2.57. The van der Waals surface area contributed by atoms with Crippen molar-refractivity contribution in [2.45, 2.75) is 17.4 Å². The highest BCUT2D eigenvalue weighted by Gasteiger charge is 2.39. The molecule has 1 amide bonds. The Kier molecular flexibility index (Phi) is 5.22. The largest absolute Gasteiger partial charge is 0.497 e. The van der Waals surface area contributed by atoms with Crippen LogP contribution >= 0.6 is 0 Å². The van der Waals surface area contributed by atoms with Crippen molar-refractivity contribution >= 4 is 21.9 Å². The van der Waals surface area contributed by atoms with Gasteiger partial charge in [0.1, 0.15) is 11.8 Å². The van der Waals surface area contributed by atoms with Crippen LogP contribution in [0.2, 0.25) is 0 Å². The third-order valence-corrected chi connectivity index (χ3v) is 5.46. The molecule has 1 fully saturated rings. The molecule has 126 valence electrons. The van der Waals surface area contributed by atoms with E-state index in [-0.39, 0.29) is 24.4 Å². The second-order valence-electron chi connectivity index (χ2n) is 4.88. The Balaban J connectivity index is 2.33. The molecule has 0 aromatic heterocycles. The van der Waals surface area contributed by atoms with Gasteiger partial charge in [-0.2, -0.15) is 4.31 Å². The van der Waals surface area contributed by atoms with Crippen LogP contribution in [0.15, 0.2) is 29.2 Å². The summed E-state index contributed by atoms with van der Waals surface area (Å²) in [6.45, 7) is 0.271. The zero-order chi connectivity index (χ0) is 17.0. The quantitative estimate of drug-likeness (QED) is 0.740. The van der Waals surface area contributed by atoms with Crippen molar-refractivity contribution < 1.29 is 27.5 Å². The van der Waals surface area contributed by atoms with E-state index >= 15 is 0 Å². The topological polar surface area (TPSA) is 102 Å². The Hall–Kier alpha value is -2.13. The normalized spacial score (nSPS) is 19.0. The average Bonchev–Trinajstić information content (AvgIpc) is 2.56. The van der Waals surface area contributed by atoms with Gasteiger partial charge in [-0.15, -0.1) is 0 Å². The van der Waals surface area contributed by atoms with Gasteiger partial charge >= 0.3 is 5.97 Å². The maximum absolute atomic E-state index is 12.8. The molecule has 1 unspecified atom stereocenters. The van der Waals surface area contributed by atoms with E-state index in [1.165, 1.54) is 38.5 Å². The maximum atomic E-state index is 12.8. The van der Waals surface area contributed by atoms with Crippen molar-refractivity contribution in [3.63, 3.8) is 0 Å². The number of hydrogen-bond acceptors (Lipinski definition) is 6. The van der Waals surface area contributed by atoms with Gasteiger partial charge in [0.05, 0.1) is 25.5 Å². The number of carbonyl (C=O) groups excluding carboxylic acids is 2. The highest BCUT2D eigenvalue weighted by molar-refractivity contribution is 7.89. The lowest BCUT2D eigenvalue weighted by Gasteiger charge is -2.33. The van der Waals surface area contributed by atoms with E-state index in [9.17, 15) is 18.0 Å². The molecule has 0 saturated carbocycles. The zero-order valence-corrected chi connectivity index (χ0v) is 13.6. The summed E-state index contributed by atoms with van der Waals surface area (Å²) in [4.78, 5) is 23.5. The van der Waals surface area contributed by atoms with Crippen molar-refractivity contribution in [3.05, 3.63) is 24.3 Å². The second-order valence-corrected chi connectivity index (χ2v) is 6.77. The molecule has 0 aliphatic carbocycles. The fourth-order valence-electron chi connectivity index (χ4n) is 2.30. The van der Waals surface area contributed by atoms with Crippen LogP contribution in [0.4, 0.5) is 0 Å². The van der Waals surface area contributed by atoms with Crippen molar-refractivity contribution in [3.8, 4) is 5.75 Å². The molecule has 1 aliphatic heterocycles. The molecule has 8 nitrogen and oxygen atoms in total. The van der Waals surface area contributed by atoms with E-state index in [1.54, 1.807) is 0 Å². The number of benzene rings is 1. The van der Waals surface area contributed by atoms with E-state index in [2.05, 4.69) is 10.1 Å². The first-order chi connectivity index (χ1) is 10.9. The predicted octanol–water partition coefficient (Wildman–Crippen LogP) is -0.253. The molecular weight excluding hydrogens is 324 g/mol. The first-order valence-electron chi connectivity index (χ1n) is 6.90. The Morgan fingerprint density at radius 2 is 1.96 bits per heavy atom. The summed E-state index contributed by atoms with van der Waals surface area (Å²) < 4.78 is 36.1. The standard InChI is InChI=1S/C14H18N2O6S/c1-21-10-3-5-11(6-4-10)23(19,20)16-8-7-15-14(18)12(16)9-13(17)22-2/h3-6,12H,7-9H2,1-2H3,(H,15,18). The van der Waals surface area contributed by atoms with Gasteiger partial charge in [0.2, 0.25) is 15.9 Å². The molecule has 0 radical (unpaired) electrons. The monoisotopic (exact) mass is 342 g/mol. The Bertz CT molecular complexity index is 686.